The topological polar surface area (TPSA) is 84.5 Å². The number of rotatable bonds is 4. The van der Waals surface area contributed by atoms with E-state index in [0.717, 1.165) is 10.2 Å². The van der Waals surface area contributed by atoms with Crippen LogP contribution in [0.3, 0.4) is 0 Å². The van der Waals surface area contributed by atoms with Gasteiger partial charge >= 0.3 is 5.97 Å². The van der Waals surface area contributed by atoms with Crippen LogP contribution in [0.4, 0.5) is 0 Å². The molecule has 0 bridgehead atoms. The number of para-hydroxylation sites is 1. The second kappa shape index (κ2) is 7.28. The van der Waals surface area contributed by atoms with Crippen LogP contribution in [-0.2, 0) is 0 Å². The summed E-state index contributed by atoms with van der Waals surface area (Å²) in [7, 11) is 0. The quantitative estimate of drug-likeness (QED) is 0.557. The largest absolute Gasteiger partial charge is 0.478 e. The van der Waals surface area contributed by atoms with Crippen molar-refractivity contribution in [2.75, 3.05) is 0 Å². The Bertz CT molecular complexity index is 1260. The third-order valence-corrected chi connectivity index (χ3v) is 4.27. The van der Waals surface area contributed by atoms with Gasteiger partial charge in [0.15, 0.2) is 5.82 Å². The lowest BCUT2D eigenvalue weighted by Gasteiger charge is -2.11. The molecule has 4 rings (SSSR count). The van der Waals surface area contributed by atoms with Crippen LogP contribution < -0.4 is 5.56 Å². The van der Waals surface area contributed by atoms with E-state index in [1.807, 2.05) is 30.3 Å². The van der Waals surface area contributed by atoms with Crippen LogP contribution in [0, 0.1) is 0 Å². The molecular weight excluding hydrogens is 354 g/mol. The van der Waals surface area contributed by atoms with Crippen molar-refractivity contribution >= 4 is 23.1 Å². The zero-order valence-corrected chi connectivity index (χ0v) is 14.7. The van der Waals surface area contributed by atoms with E-state index in [-0.39, 0.29) is 16.9 Å². The van der Waals surface area contributed by atoms with Crippen LogP contribution in [-0.4, -0.2) is 27.0 Å². The van der Waals surface area contributed by atoms with E-state index in [1.165, 1.54) is 6.07 Å². The fourth-order valence-corrected chi connectivity index (χ4v) is 2.93. The van der Waals surface area contributed by atoms with Gasteiger partial charge in [0.1, 0.15) is 0 Å². The lowest BCUT2D eigenvalue weighted by atomic mass is 10.1. The Hall–Kier alpha value is -4.06. The van der Waals surface area contributed by atoms with Gasteiger partial charge in [-0.15, -0.1) is 0 Å². The number of hydrogen-bond acceptors (Lipinski definition) is 4. The van der Waals surface area contributed by atoms with E-state index in [1.54, 1.807) is 48.7 Å². The molecule has 1 N–H and O–H groups in total. The van der Waals surface area contributed by atoms with Gasteiger partial charge in [0, 0.05) is 5.56 Å². The summed E-state index contributed by atoms with van der Waals surface area (Å²) in [6.07, 6.45) is 1.55. The van der Waals surface area contributed by atoms with Gasteiger partial charge in [0.25, 0.3) is 5.56 Å². The van der Waals surface area contributed by atoms with Crippen molar-refractivity contribution in [2.45, 2.75) is 0 Å². The molecule has 4 aromatic rings. The molecule has 0 saturated carbocycles. The molecule has 1 heterocycles. The molecule has 0 atom stereocenters. The van der Waals surface area contributed by atoms with Gasteiger partial charge in [-0.3, -0.25) is 4.79 Å². The summed E-state index contributed by atoms with van der Waals surface area (Å²) in [6.45, 7) is 0. The molecule has 0 saturated heterocycles. The van der Waals surface area contributed by atoms with Gasteiger partial charge in [-0.2, -0.15) is 9.78 Å². The molecule has 28 heavy (non-hydrogen) atoms. The third-order valence-electron chi connectivity index (χ3n) is 4.27. The first kappa shape index (κ1) is 17.4. The minimum absolute atomic E-state index is 0.0494. The lowest BCUT2D eigenvalue weighted by Crippen LogP contribution is -2.21. The first-order valence-corrected chi connectivity index (χ1v) is 8.59. The summed E-state index contributed by atoms with van der Waals surface area (Å²) in [5, 5.41) is 14.3. The molecule has 0 aliphatic carbocycles. The molecule has 136 valence electrons. The number of aromatic carboxylic acids is 1. The molecule has 0 spiro atoms. The zero-order valence-electron chi connectivity index (χ0n) is 14.7. The van der Waals surface area contributed by atoms with Crippen LogP contribution >= 0.6 is 0 Å². The maximum atomic E-state index is 13.1. The first-order chi connectivity index (χ1) is 13.6. The van der Waals surface area contributed by atoms with Crippen molar-refractivity contribution in [1.82, 2.24) is 9.66 Å². The molecule has 0 fully saturated rings. The molecule has 3 aromatic carbocycles. The minimum atomic E-state index is -1.10. The second-order valence-corrected chi connectivity index (χ2v) is 6.08. The number of fused-ring (bicyclic) bond motifs is 1. The highest BCUT2D eigenvalue weighted by Crippen LogP contribution is 2.23. The Kier molecular flexibility index (Phi) is 4.51. The molecule has 0 aliphatic heterocycles. The summed E-state index contributed by atoms with van der Waals surface area (Å²) in [5.41, 5.74) is 1.29. The molecule has 0 amide bonds. The lowest BCUT2D eigenvalue weighted by molar-refractivity contribution is 0.0697. The first-order valence-electron chi connectivity index (χ1n) is 8.59. The molecule has 0 radical (unpaired) electrons. The van der Waals surface area contributed by atoms with E-state index < -0.39 is 5.97 Å². The summed E-state index contributed by atoms with van der Waals surface area (Å²) in [4.78, 5) is 29.3. The average molecular weight is 369 g/mol. The minimum Gasteiger partial charge on any atom is -0.478 e. The average Bonchev–Trinajstić information content (AvgIpc) is 2.73. The number of aromatic nitrogens is 2. The standard InChI is InChI=1S/C22H15N3O3/c26-21-18-12-6-7-13-19(18)24-20(16-10-4-5-11-17(16)22(27)28)25(21)23-14-15-8-2-1-3-9-15/h1-14H,(H,27,28)/b23-14+. The fraction of sp³-hybridized carbons (Fsp3) is 0. The number of benzene rings is 3. The Morgan fingerprint density at radius 2 is 1.61 bits per heavy atom. The molecule has 6 nitrogen and oxygen atoms in total. The Balaban J connectivity index is 2.01. The van der Waals surface area contributed by atoms with Crippen LogP contribution in [0.25, 0.3) is 22.3 Å². The highest BCUT2D eigenvalue weighted by Gasteiger charge is 2.18. The summed E-state index contributed by atoms with van der Waals surface area (Å²) >= 11 is 0. The molecule has 1 aromatic heterocycles. The van der Waals surface area contributed by atoms with Crippen molar-refractivity contribution in [2.24, 2.45) is 5.10 Å². The van der Waals surface area contributed by atoms with Gasteiger partial charge < -0.3 is 5.11 Å². The van der Waals surface area contributed by atoms with Crippen LogP contribution in [0.1, 0.15) is 15.9 Å². The number of carboxylic acids is 1. The van der Waals surface area contributed by atoms with Crippen molar-refractivity contribution in [1.29, 1.82) is 0 Å². The maximum absolute atomic E-state index is 13.1. The number of carbonyl (C=O) groups is 1. The van der Waals surface area contributed by atoms with Gasteiger partial charge in [-0.05, 0) is 23.8 Å². The molecule has 6 heteroatoms. The Morgan fingerprint density at radius 3 is 2.39 bits per heavy atom. The van der Waals surface area contributed by atoms with E-state index in [0.29, 0.717) is 16.5 Å². The third kappa shape index (κ3) is 3.19. The maximum Gasteiger partial charge on any atom is 0.336 e. The van der Waals surface area contributed by atoms with Crippen LogP contribution in [0.15, 0.2) is 88.8 Å². The second-order valence-electron chi connectivity index (χ2n) is 6.08. The summed E-state index contributed by atoms with van der Waals surface area (Å²) in [6, 6.07) is 22.7. The SMILES string of the molecule is O=C(O)c1ccccc1-c1nc2ccccc2c(=O)n1/N=C/c1ccccc1. The number of carboxylic acid groups (broad SMARTS) is 1. The molecule has 0 unspecified atom stereocenters. The smallest absolute Gasteiger partial charge is 0.336 e. The van der Waals surface area contributed by atoms with Gasteiger partial charge in [0.05, 0.1) is 22.7 Å². The van der Waals surface area contributed by atoms with Crippen molar-refractivity contribution in [3.63, 3.8) is 0 Å². The number of hydrogen-bond donors (Lipinski definition) is 1. The normalized spacial score (nSPS) is 11.1. The van der Waals surface area contributed by atoms with Gasteiger partial charge in [0.2, 0.25) is 0 Å². The molecule has 0 aliphatic rings. The van der Waals surface area contributed by atoms with E-state index >= 15 is 0 Å². The van der Waals surface area contributed by atoms with Crippen LogP contribution in [0.5, 0.6) is 0 Å². The molecular formula is C22H15N3O3. The predicted molar refractivity (Wildman–Crippen MR) is 108 cm³/mol. The van der Waals surface area contributed by atoms with E-state index in [2.05, 4.69) is 10.1 Å². The van der Waals surface area contributed by atoms with Crippen molar-refractivity contribution in [3.8, 4) is 11.4 Å². The monoisotopic (exact) mass is 369 g/mol. The highest BCUT2D eigenvalue weighted by molar-refractivity contribution is 5.95. The highest BCUT2D eigenvalue weighted by atomic mass is 16.4. The summed E-state index contributed by atoms with van der Waals surface area (Å²) < 4.78 is 1.15. The Morgan fingerprint density at radius 1 is 0.929 bits per heavy atom. The zero-order chi connectivity index (χ0) is 19.5. The van der Waals surface area contributed by atoms with Crippen LogP contribution in [0.2, 0.25) is 0 Å². The summed E-state index contributed by atoms with van der Waals surface area (Å²) in [5.74, 6) is -0.925. The predicted octanol–water partition coefficient (Wildman–Crippen LogP) is 3.64. The fourth-order valence-electron chi connectivity index (χ4n) is 2.93. The van der Waals surface area contributed by atoms with Gasteiger partial charge in [-0.25, -0.2) is 9.78 Å². The van der Waals surface area contributed by atoms with E-state index in [4.69, 9.17) is 0 Å². The number of nitrogens with zero attached hydrogens (tertiary/aromatic N) is 3. The van der Waals surface area contributed by atoms with E-state index in [9.17, 15) is 14.7 Å². The van der Waals surface area contributed by atoms with Crippen molar-refractivity contribution < 1.29 is 9.90 Å². The van der Waals surface area contributed by atoms with Gasteiger partial charge in [-0.1, -0.05) is 60.7 Å². The Labute approximate surface area is 160 Å². The van der Waals surface area contributed by atoms with Crippen molar-refractivity contribution in [3.05, 3.63) is 100 Å².